The molecule has 0 saturated heterocycles. The number of thioether (sulfide) groups is 1. The van der Waals surface area contributed by atoms with Crippen molar-refractivity contribution in [1.29, 1.82) is 0 Å². The molecule has 0 radical (unpaired) electrons. The number of esters is 1. The molecule has 30 heavy (non-hydrogen) atoms. The van der Waals surface area contributed by atoms with Crippen LogP contribution in [0.25, 0.3) is 0 Å². The van der Waals surface area contributed by atoms with Gasteiger partial charge >= 0.3 is 5.97 Å². The Kier molecular flexibility index (Phi) is 10.2. The molecule has 1 fully saturated rings. The summed E-state index contributed by atoms with van der Waals surface area (Å²) in [6.45, 7) is 2.21. The molecule has 166 valence electrons. The molecule has 1 aromatic rings. The number of rotatable bonds is 10. The van der Waals surface area contributed by atoms with Gasteiger partial charge in [0.25, 0.3) is 0 Å². The van der Waals surface area contributed by atoms with Gasteiger partial charge in [0.05, 0.1) is 7.11 Å². The van der Waals surface area contributed by atoms with Crippen molar-refractivity contribution in [3.05, 3.63) is 35.9 Å². The van der Waals surface area contributed by atoms with E-state index in [4.69, 9.17) is 4.74 Å². The third-order valence-electron chi connectivity index (χ3n) is 5.72. The highest BCUT2D eigenvalue weighted by atomic mass is 32.2. The van der Waals surface area contributed by atoms with Crippen LogP contribution >= 0.6 is 11.8 Å². The molecule has 0 spiro atoms. The molecular weight excluding hydrogens is 400 g/mol. The summed E-state index contributed by atoms with van der Waals surface area (Å²) in [6.07, 6.45) is 6.57. The van der Waals surface area contributed by atoms with E-state index in [-0.39, 0.29) is 17.7 Å². The molecule has 2 rings (SSSR count). The van der Waals surface area contributed by atoms with Crippen LogP contribution in [-0.2, 0) is 25.5 Å². The van der Waals surface area contributed by atoms with Gasteiger partial charge in [-0.05, 0) is 55.6 Å². The maximum Gasteiger partial charge on any atom is 0.328 e. The average molecular weight is 435 g/mol. The molecule has 1 aliphatic rings. The molecule has 1 aliphatic carbocycles. The van der Waals surface area contributed by atoms with Gasteiger partial charge in [0.15, 0.2) is 0 Å². The van der Waals surface area contributed by atoms with E-state index in [1.54, 1.807) is 11.8 Å². The second kappa shape index (κ2) is 12.6. The first-order valence-corrected chi connectivity index (χ1v) is 12.0. The number of benzene rings is 1. The summed E-state index contributed by atoms with van der Waals surface area (Å²) in [4.78, 5) is 38.0. The van der Waals surface area contributed by atoms with Crippen LogP contribution in [0.3, 0.4) is 0 Å². The molecule has 2 N–H and O–H groups in total. The summed E-state index contributed by atoms with van der Waals surface area (Å²) in [5.74, 6) is 0.415. The first-order chi connectivity index (χ1) is 14.4. The van der Waals surface area contributed by atoms with Gasteiger partial charge in [-0.1, -0.05) is 37.3 Å². The van der Waals surface area contributed by atoms with Crippen molar-refractivity contribution >= 4 is 29.5 Å². The van der Waals surface area contributed by atoms with Crippen LogP contribution in [0.5, 0.6) is 0 Å². The average Bonchev–Trinajstić information content (AvgIpc) is 2.76. The molecule has 0 aliphatic heterocycles. The summed E-state index contributed by atoms with van der Waals surface area (Å²) >= 11 is 1.60. The number of carbonyl (C=O) groups is 3. The number of hydrogen-bond donors (Lipinski definition) is 2. The molecule has 0 heterocycles. The van der Waals surface area contributed by atoms with Crippen molar-refractivity contribution in [2.24, 2.45) is 11.8 Å². The van der Waals surface area contributed by atoms with Crippen molar-refractivity contribution in [2.75, 3.05) is 19.1 Å². The van der Waals surface area contributed by atoms with Gasteiger partial charge in [-0.2, -0.15) is 11.8 Å². The molecule has 2 atom stereocenters. The lowest BCUT2D eigenvalue weighted by Gasteiger charge is -2.28. The Hall–Kier alpha value is -2.02. The second-order valence-electron chi connectivity index (χ2n) is 8.07. The van der Waals surface area contributed by atoms with Crippen molar-refractivity contribution in [3.8, 4) is 0 Å². The largest absolute Gasteiger partial charge is 0.467 e. The zero-order valence-corrected chi connectivity index (χ0v) is 19.0. The van der Waals surface area contributed by atoms with Crippen LogP contribution < -0.4 is 10.6 Å². The first kappa shape index (κ1) is 24.3. The number of amides is 2. The molecule has 1 aromatic carbocycles. The molecule has 6 nitrogen and oxygen atoms in total. The highest BCUT2D eigenvalue weighted by molar-refractivity contribution is 7.98. The van der Waals surface area contributed by atoms with E-state index in [1.807, 2.05) is 36.6 Å². The summed E-state index contributed by atoms with van der Waals surface area (Å²) < 4.78 is 4.84. The zero-order chi connectivity index (χ0) is 21.9. The van der Waals surface area contributed by atoms with E-state index in [9.17, 15) is 14.4 Å². The first-order valence-electron chi connectivity index (χ1n) is 10.7. The monoisotopic (exact) mass is 434 g/mol. The van der Waals surface area contributed by atoms with E-state index in [0.717, 1.165) is 37.0 Å². The lowest BCUT2D eigenvalue weighted by atomic mass is 9.82. The Balaban J connectivity index is 2.09. The van der Waals surface area contributed by atoms with Gasteiger partial charge in [-0.15, -0.1) is 0 Å². The van der Waals surface area contributed by atoms with Gasteiger partial charge in [0.1, 0.15) is 12.1 Å². The summed E-state index contributed by atoms with van der Waals surface area (Å²) in [5, 5.41) is 5.76. The van der Waals surface area contributed by atoms with Gasteiger partial charge in [-0.3, -0.25) is 9.59 Å². The predicted molar refractivity (Wildman–Crippen MR) is 120 cm³/mol. The van der Waals surface area contributed by atoms with E-state index >= 15 is 0 Å². The Bertz CT molecular complexity index is 690. The second-order valence-corrected chi connectivity index (χ2v) is 9.06. The van der Waals surface area contributed by atoms with Gasteiger partial charge in [-0.25, -0.2) is 4.79 Å². The van der Waals surface area contributed by atoms with Crippen molar-refractivity contribution in [2.45, 2.75) is 57.5 Å². The Morgan fingerprint density at radius 1 is 1.07 bits per heavy atom. The highest BCUT2D eigenvalue weighted by Gasteiger charge is 2.30. The molecule has 0 unspecified atom stereocenters. The highest BCUT2D eigenvalue weighted by Crippen LogP contribution is 2.28. The molecule has 2 amide bonds. The van der Waals surface area contributed by atoms with Crippen LogP contribution in [0.4, 0.5) is 0 Å². The van der Waals surface area contributed by atoms with E-state index in [1.165, 1.54) is 7.11 Å². The molecular formula is C23H34N2O4S. The third-order valence-corrected chi connectivity index (χ3v) is 6.36. The van der Waals surface area contributed by atoms with Crippen molar-refractivity contribution in [3.63, 3.8) is 0 Å². The summed E-state index contributed by atoms with van der Waals surface area (Å²) in [7, 11) is 1.31. The maximum atomic E-state index is 13.1. The number of carbonyl (C=O) groups excluding carboxylic acids is 3. The summed E-state index contributed by atoms with van der Waals surface area (Å²) in [5.41, 5.74) is 0.953. The van der Waals surface area contributed by atoms with E-state index in [2.05, 4.69) is 17.6 Å². The normalized spacial score (nSPS) is 20.6. The molecule has 0 bridgehead atoms. The van der Waals surface area contributed by atoms with Gasteiger partial charge in [0, 0.05) is 12.3 Å². The maximum absolute atomic E-state index is 13.1. The third kappa shape index (κ3) is 7.67. The number of ether oxygens (including phenoxy) is 1. The molecule has 1 saturated carbocycles. The van der Waals surface area contributed by atoms with Crippen molar-refractivity contribution < 1.29 is 19.1 Å². The molecule has 0 aromatic heterocycles. The fraction of sp³-hybridized carbons (Fsp3) is 0.609. The SMILES string of the molecule is COC(=O)[C@H](CCSC)NC(=O)[C@@H](Cc1ccccc1)NC(=O)C1CCC(C)CC1. The smallest absolute Gasteiger partial charge is 0.328 e. The number of methoxy groups -OCH3 is 1. The summed E-state index contributed by atoms with van der Waals surface area (Å²) in [6, 6.07) is 8.13. The Morgan fingerprint density at radius 3 is 2.33 bits per heavy atom. The lowest BCUT2D eigenvalue weighted by molar-refractivity contribution is -0.145. The van der Waals surface area contributed by atoms with Crippen LogP contribution in [0.2, 0.25) is 0 Å². The Labute approximate surface area is 183 Å². The van der Waals surface area contributed by atoms with Crippen LogP contribution in [0, 0.1) is 11.8 Å². The van der Waals surface area contributed by atoms with E-state index in [0.29, 0.717) is 18.8 Å². The quantitative estimate of drug-likeness (QED) is 0.553. The van der Waals surface area contributed by atoms with Crippen LogP contribution in [-0.4, -0.2) is 49.0 Å². The fourth-order valence-corrected chi connectivity index (χ4v) is 4.24. The molecule has 7 heteroatoms. The topological polar surface area (TPSA) is 84.5 Å². The standard InChI is InChI=1S/C23H34N2O4S/c1-16-9-11-18(12-10-16)21(26)25-20(15-17-7-5-4-6-8-17)22(27)24-19(13-14-30-3)23(28)29-2/h4-8,16,18-20H,9-15H2,1-3H3,(H,24,27)(H,25,26)/t16?,18?,19-,20+/m0/s1. The lowest BCUT2D eigenvalue weighted by Crippen LogP contribution is -2.53. The minimum absolute atomic E-state index is 0.0554. The zero-order valence-electron chi connectivity index (χ0n) is 18.2. The van der Waals surface area contributed by atoms with Gasteiger partial charge < -0.3 is 15.4 Å². The predicted octanol–water partition coefficient (Wildman–Crippen LogP) is 2.95. The van der Waals surface area contributed by atoms with Crippen molar-refractivity contribution in [1.82, 2.24) is 10.6 Å². The van der Waals surface area contributed by atoms with Crippen LogP contribution in [0.15, 0.2) is 30.3 Å². The minimum atomic E-state index is -0.735. The minimum Gasteiger partial charge on any atom is -0.467 e. The number of hydrogen-bond acceptors (Lipinski definition) is 5. The number of nitrogens with one attached hydrogen (secondary N) is 2. The Morgan fingerprint density at radius 2 is 1.73 bits per heavy atom. The fourth-order valence-electron chi connectivity index (χ4n) is 3.77. The van der Waals surface area contributed by atoms with E-state index < -0.39 is 18.1 Å². The van der Waals surface area contributed by atoms with Gasteiger partial charge in [0.2, 0.25) is 11.8 Å². The van der Waals surface area contributed by atoms with Crippen LogP contribution in [0.1, 0.15) is 44.6 Å².